The molecule has 210 valence electrons. The highest BCUT2D eigenvalue weighted by Crippen LogP contribution is 2.47. The van der Waals surface area contributed by atoms with Gasteiger partial charge < -0.3 is 35.5 Å². The minimum atomic E-state index is -0.919. The highest BCUT2D eigenvalue weighted by Gasteiger charge is 2.63. The van der Waals surface area contributed by atoms with Crippen LogP contribution in [0.2, 0.25) is 0 Å². The fourth-order valence-corrected chi connectivity index (χ4v) is 5.31. The van der Waals surface area contributed by atoms with Crippen molar-refractivity contribution in [3.05, 3.63) is 42.5 Å². The van der Waals surface area contributed by atoms with E-state index in [1.54, 1.807) is 6.33 Å². The van der Waals surface area contributed by atoms with Crippen LogP contribution < -0.4 is 16.4 Å². The van der Waals surface area contributed by atoms with E-state index in [4.69, 9.17) is 19.9 Å². The van der Waals surface area contributed by atoms with Gasteiger partial charge in [-0.05, 0) is 57.5 Å². The summed E-state index contributed by atoms with van der Waals surface area (Å²) in [5, 5.41) is 5.81. The Hall–Kier alpha value is -3.32. The van der Waals surface area contributed by atoms with Crippen LogP contribution in [0.3, 0.4) is 0 Å². The lowest BCUT2D eigenvalue weighted by atomic mass is 10.0. The zero-order valence-electron chi connectivity index (χ0n) is 23.2. The minimum Gasteiger partial charge on any atom is -0.382 e. The number of rotatable bonds is 9. The van der Waals surface area contributed by atoms with E-state index in [2.05, 4.69) is 44.3 Å². The van der Waals surface area contributed by atoms with Crippen molar-refractivity contribution < 1.29 is 19.0 Å². The summed E-state index contributed by atoms with van der Waals surface area (Å²) in [5.74, 6) is -0.0476. The molecule has 2 aliphatic heterocycles. The molecule has 3 atom stereocenters. The second-order valence-electron chi connectivity index (χ2n) is 11.1. The van der Waals surface area contributed by atoms with Gasteiger partial charge in [-0.1, -0.05) is 26.0 Å². The van der Waals surface area contributed by atoms with E-state index in [1.165, 1.54) is 11.9 Å². The molecule has 2 aliphatic rings. The van der Waals surface area contributed by atoms with Gasteiger partial charge in [-0.15, -0.1) is 0 Å². The summed E-state index contributed by atoms with van der Waals surface area (Å²) < 4.78 is 20.9. The Bertz CT molecular complexity index is 1310. The number of amides is 2. The van der Waals surface area contributed by atoms with Crippen LogP contribution in [0.4, 0.5) is 16.3 Å². The summed E-state index contributed by atoms with van der Waals surface area (Å²) in [6.07, 6.45) is 3.25. The Morgan fingerprint density at radius 2 is 2.00 bits per heavy atom. The number of fused-ring (bicyclic) bond motifs is 2. The van der Waals surface area contributed by atoms with Crippen molar-refractivity contribution in [1.82, 2.24) is 29.7 Å². The Morgan fingerprint density at radius 3 is 2.74 bits per heavy atom. The van der Waals surface area contributed by atoms with Crippen LogP contribution in [0.15, 0.2) is 36.9 Å². The number of nitrogens with zero attached hydrogens (tertiary/aromatic N) is 5. The van der Waals surface area contributed by atoms with E-state index >= 15 is 0 Å². The summed E-state index contributed by atoms with van der Waals surface area (Å²) in [7, 11) is 2.03. The monoisotopic (exact) mass is 538 g/mol. The number of anilines is 2. The van der Waals surface area contributed by atoms with Crippen LogP contribution in [-0.2, 0) is 19.9 Å². The number of likely N-dealkylation sites (N-methyl/N-ethyl adjacent to an activating group) is 1. The van der Waals surface area contributed by atoms with E-state index in [0.717, 1.165) is 18.7 Å². The number of hydrogen-bond acceptors (Lipinski definition) is 9. The van der Waals surface area contributed by atoms with Gasteiger partial charge in [0.2, 0.25) is 5.72 Å². The SMILES string of the molecule is CC(C)c1ccc(NC(=O)NCCCN(C)C[C@H]2OC[C@@]3(n4cnc5c(N)ncnc54)OC(C)(C)O[C@H]23)cc1. The van der Waals surface area contributed by atoms with Gasteiger partial charge in [0.1, 0.15) is 24.1 Å². The second kappa shape index (κ2) is 10.7. The first-order valence-corrected chi connectivity index (χ1v) is 13.3. The van der Waals surface area contributed by atoms with Crippen LogP contribution in [0.5, 0.6) is 0 Å². The molecule has 1 aromatic carbocycles. The predicted molar refractivity (Wildman–Crippen MR) is 147 cm³/mol. The first kappa shape index (κ1) is 27.3. The molecule has 0 saturated carbocycles. The molecule has 0 aliphatic carbocycles. The van der Waals surface area contributed by atoms with Crippen LogP contribution in [0.1, 0.15) is 45.6 Å². The third kappa shape index (κ3) is 5.55. The average Bonchev–Trinajstić information content (AvgIpc) is 3.53. The molecule has 0 radical (unpaired) electrons. The van der Waals surface area contributed by atoms with E-state index < -0.39 is 11.5 Å². The molecule has 2 aromatic heterocycles. The minimum absolute atomic E-state index is 0.213. The van der Waals surface area contributed by atoms with Gasteiger partial charge in [0.25, 0.3) is 0 Å². The second-order valence-corrected chi connectivity index (χ2v) is 11.1. The Morgan fingerprint density at radius 1 is 1.23 bits per heavy atom. The molecule has 5 rings (SSSR count). The number of nitrogens with one attached hydrogen (secondary N) is 2. The van der Waals surface area contributed by atoms with Gasteiger partial charge in [-0.2, -0.15) is 0 Å². The Balaban J connectivity index is 1.14. The van der Waals surface area contributed by atoms with E-state index in [9.17, 15) is 4.79 Å². The van der Waals surface area contributed by atoms with Crippen molar-refractivity contribution in [3.8, 4) is 0 Å². The zero-order chi connectivity index (χ0) is 27.8. The topological polar surface area (TPSA) is 142 Å². The first-order valence-electron chi connectivity index (χ1n) is 13.3. The van der Waals surface area contributed by atoms with E-state index in [-0.39, 0.29) is 24.8 Å². The van der Waals surface area contributed by atoms with E-state index in [1.807, 2.05) is 49.7 Å². The lowest BCUT2D eigenvalue weighted by molar-refractivity contribution is -0.205. The summed E-state index contributed by atoms with van der Waals surface area (Å²) in [6, 6.07) is 7.71. The molecule has 12 heteroatoms. The maximum Gasteiger partial charge on any atom is 0.319 e. The summed E-state index contributed by atoms with van der Waals surface area (Å²) in [5.41, 5.74) is 8.20. The largest absolute Gasteiger partial charge is 0.382 e. The molecule has 39 heavy (non-hydrogen) atoms. The lowest BCUT2D eigenvalue weighted by Crippen LogP contribution is -2.46. The number of aromatic nitrogens is 4. The van der Waals surface area contributed by atoms with Gasteiger partial charge in [0, 0.05) is 18.8 Å². The van der Waals surface area contributed by atoms with Crippen molar-refractivity contribution in [2.45, 2.75) is 63.8 Å². The van der Waals surface area contributed by atoms with Crippen LogP contribution in [-0.4, -0.2) is 81.7 Å². The third-order valence-corrected chi connectivity index (χ3v) is 7.22. The zero-order valence-corrected chi connectivity index (χ0v) is 23.2. The quantitative estimate of drug-likeness (QED) is 0.351. The van der Waals surface area contributed by atoms with Crippen LogP contribution in [0, 0.1) is 0 Å². The summed E-state index contributed by atoms with van der Waals surface area (Å²) in [4.78, 5) is 27.3. The number of hydrogen-bond donors (Lipinski definition) is 3. The molecular weight excluding hydrogens is 500 g/mol. The molecule has 12 nitrogen and oxygen atoms in total. The van der Waals surface area contributed by atoms with Crippen molar-refractivity contribution in [3.63, 3.8) is 0 Å². The normalized spacial score (nSPS) is 24.0. The van der Waals surface area contributed by atoms with Crippen LogP contribution >= 0.6 is 0 Å². The number of benzene rings is 1. The molecule has 0 unspecified atom stereocenters. The summed E-state index contributed by atoms with van der Waals surface area (Å²) in [6.45, 7) is 10.3. The van der Waals surface area contributed by atoms with Crippen molar-refractivity contribution in [1.29, 1.82) is 0 Å². The molecule has 2 amide bonds. The molecule has 2 saturated heterocycles. The Labute approximate surface area is 228 Å². The molecule has 0 spiro atoms. The third-order valence-electron chi connectivity index (χ3n) is 7.22. The summed E-state index contributed by atoms with van der Waals surface area (Å²) >= 11 is 0. The number of nitrogens with two attached hydrogens (primary N) is 1. The van der Waals surface area contributed by atoms with Crippen molar-refractivity contribution in [2.75, 3.05) is 44.3 Å². The first-order chi connectivity index (χ1) is 18.6. The molecule has 3 aromatic rings. The highest BCUT2D eigenvalue weighted by molar-refractivity contribution is 5.89. The Kier molecular flexibility index (Phi) is 7.47. The standard InChI is InChI=1S/C27H38N8O4/c1-17(2)18-7-9-19(10-8-18)33-25(36)29-11-6-12-34(5)13-20-22-27(14-37-20,39-26(3,4)38-22)35-16-32-21-23(28)30-15-31-24(21)35/h7-10,15-17,20,22H,6,11-14H2,1-5H3,(H2,28,30,31)(H2,29,33,36)/t20-,22-,27-/m1/s1. The van der Waals surface area contributed by atoms with Gasteiger partial charge in [-0.3, -0.25) is 4.57 Å². The van der Waals surface area contributed by atoms with Crippen molar-refractivity contribution >= 4 is 28.7 Å². The molecule has 4 heterocycles. The van der Waals surface area contributed by atoms with Gasteiger partial charge in [0.05, 0.1) is 12.9 Å². The molecular formula is C27H38N8O4. The fourth-order valence-electron chi connectivity index (χ4n) is 5.31. The number of carbonyl (C=O) groups is 1. The van der Waals surface area contributed by atoms with Gasteiger partial charge in [-0.25, -0.2) is 19.7 Å². The maximum atomic E-state index is 12.3. The predicted octanol–water partition coefficient (Wildman–Crippen LogP) is 2.88. The highest BCUT2D eigenvalue weighted by atomic mass is 16.8. The number of urea groups is 1. The molecule has 4 N–H and O–H groups in total. The van der Waals surface area contributed by atoms with Gasteiger partial charge >= 0.3 is 6.03 Å². The number of ether oxygens (including phenoxy) is 3. The number of carbonyl (C=O) groups excluding carboxylic acids is 1. The maximum absolute atomic E-state index is 12.3. The smallest absolute Gasteiger partial charge is 0.319 e. The van der Waals surface area contributed by atoms with E-state index in [0.29, 0.717) is 36.0 Å². The van der Waals surface area contributed by atoms with Crippen molar-refractivity contribution in [2.24, 2.45) is 0 Å². The van der Waals surface area contributed by atoms with Crippen LogP contribution in [0.25, 0.3) is 11.2 Å². The van der Waals surface area contributed by atoms with Gasteiger partial charge in [0.15, 0.2) is 17.3 Å². The lowest BCUT2D eigenvalue weighted by Gasteiger charge is -2.29. The fraction of sp³-hybridized carbons (Fsp3) is 0.556. The molecule has 2 fully saturated rings. The number of nitrogen functional groups attached to an aromatic ring is 1. The molecule has 0 bridgehead atoms. The number of imidazole rings is 1. The average molecular weight is 539 g/mol.